The molecule has 0 atom stereocenters. The van der Waals surface area contributed by atoms with Gasteiger partial charge in [-0.15, -0.1) is 11.3 Å². The molecule has 3 heteroatoms. The van der Waals surface area contributed by atoms with E-state index < -0.39 is 0 Å². The van der Waals surface area contributed by atoms with E-state index in [0.29, 0.717) is 0 Å². The summed E-state index contributed by atoms with van der Waals surface area (Å²) in [5.41, 5.74) is 11.0. The van der Waals surface area contributed by atoms with Gasteiger partial charge in [0.2, 0.25) is 0 Å². The fourth-order valence-corrected chi connectivity index (χ4v) is 10.7. The molecule has 10 aromatic carbocycles. The van der Waals surface area contributed by atoms with Gasteiger partial charge < -0.3 is 8.83 Å². The first-order valence-corrected chi connectivity index (χ1v) is 20.9. The maximum atomic E-state index is 6.81. The van der Waals surface area contributed by atoms with Gasteiger partial charge in [-0.1, -0.05) is 152 Å². The van der Waals surface area contributed by atoms with Crippen LogP contribution in [0.5, 0.6) is 0 Å². The van der Waals surface area contributed by atoms with Gasteiger partial charge >= 0.3 is 0 Å². The maximum Gasteiger partial charge on any atom is 0.143 e. The molecule has 0 unspecified atom stereocenters. The quantitative estimate of drug-likeness (QED) is 0.167. The highest BCUT2D eigenvalue weighted by atomic mass is 32.1. The van der Waals surface area contributed by atoms with Crippen LogP contribution in [0.1, 0.15) is 0 Å². The molecule has 0 spiro atoms. The van der Waals surface area contributed by atoms with Gasteiger partial charge in [-0.3, -0.25) is 0 Å². The van der Waals surface area contributed by atoms with Gasteiger partial charge in [-0.2, -0.15) is 0 Å². The topological polar surface area (TPSA) is 26.3 Å². The van der Waals surface area contributed by atoms with Gasteiger partial charge in [-0.25, -0.2) is 0 Å². The molecule has 59 heavy (non-hydrogen) atoms. The van der Waals surface area contributed by atoms with E-state index in [1.807, 2.05) is 11.3 Å². The Kier molecular flexibility index (Phi) is 6.92. The lowest BCUT2D eigenvalue weighted by Crippen LogP contribution is -1.90. The van der Waals surface area contributed by atoms with Gasteiger partial charge in [0.05, 0.1) is 0 Å². The van der Waals surface area contributed by atoms with E-state index in [2.05, 4.69) is 194 Å². The first-order valence-electron chi connectivity index (χ1n) is 20.1. The number of furan rings is 2. The minimum absolute atomic E-state index is 0.899. The summed E-state index contributed by atoms with van der Waals surface area (Å²) in [5, 5.41) is 13.1. The molecule has 0 amide bonds. The van der Waals surface area contributed by atoms with Crippen molar-refractivity contribution >= 4 is 96.7 Å². The number of benzene rings is 10. The largest absolute Gasteiger partial charge is 0.455 e. The molecule has 13 rings (SSSR count). The Labute approximate surface area is 342 Å². The fourth-order valence-electron chi connectivity index (χ4n) is 9.62. The second kappa shape index (κ2) is 12.5. The molecule has 3 heterocycles. The molecule has 0 aliphatic rings. The third kappa shape index (κ3) is 4.86. The van der Waals surface area contributed by atoms with E-state index in [-0.39, 0.29) is 0 Å². The third-order valence-electron chi connectivity index (χ3n) is 12.2. The van der Waals surface area contributed by atoms with Crippen molar-refractivity contribution < 1.29 is 8.83 Å². The first kappa shape index (κ1) is 32.6. The summed E-state index contributed by atoms with van der Waals surface area (Å²) in [7, 11) is 0. The molecule has 0 aliphatic heterocycles. The van der Waals surface area contributed by atoms with E-state index in [1.165, 1.54) is 69.4 Å². The number of rotatable bonds is 4. The van der Waals surface area contributed by atoms with Crippen molar-refractivity contribution in [1.82, 2.24) is 0 Å². The van der Waals surface area contributed by atoms with Crippen molar-refractivity contribution in [3.05, 3.63) is 194 Å². The van der Waals surface area contributed by atoms with Crippen LogP contribution < -0.4 is 0 Å². The van der Waals surface area contributed by atoms with Crippen LogP contribution in [-0.2, 0) is 0 Å². The second-order valence-electron chi connectivity index (χ2n) is 15.5. The van der Waals surface area contributed by atoms with Crippen LogP contribution in [0.15, 0.2) is 203 Å². The first-order chi connectivity index (χ1) is 29.2. The van der Waals surface area contributed by atoms with Crippen molar-refractivity contribution in [2.75, 3.05) is 0 Å². The lowest BCUT2D eigenvalue weighted by molar-refractivity contribution is 0.633. The van der Waals surface area contributed by atoms with Gasteiger partial charge in [0, 0.05) is 52.8 Å². The Morgan fingerprint density at radius 1 is 0.288 bits per heavy atom. The van der Waals surface area contributed by atoms with Crippen LogP contribution >= 0.6 is 11.3 Å². The zero-order valence-corrected chi connectivity index (χ0v) is 32.5. The minimum Gasteiger partial charge on any atom is -0.455 e. The summed E-state index contributed by atoms with van der Waals surface area (Å²) in [6, 6.07) is 70.1. The molecular weight excluding hydrogens is 737 g/mol. The summed E-state index contributed by atoms with van der Waals surface area (Å²) in [6.07, 6.45) is 0. The Morgan fingerprint density at radius 2 is 0.864 bits per heavy atom. The SMILES string of the molecule is c1ccc(-c2oc3cc4c(cc3c2-c2ccccc2)sc2ccc(-c3c5ccccc5c(-c5ccc6oc7c8ccccc8ccc7c6c5)c5ccccc35)cc24)cc1. The Balaban J connectivity index is 1.02. The smallest absolute Gasteiger partial charge is 0.143 e. The Bertz CT molecular complexity index is 3770. The molecule has 3 aromatic heterocycles. The van der Waals surface area contributed by atoms with Crippen LogP contribution in [-0.4, -0.2) is 0 Å². The van der Waals surface area contributed by atoms with E-state index in [9.17, 15) is 0 Å². The maximum absolute atomic E-state index is 6.81. The standard InChI is InChI=1S/C56H32O2S/c1-3-14-34(15-4-1)54-47-32-51-46(31-49(47)58-55(54)35-16-5-2-6-17-35)45-30-37(25-28-50(45)59-51)53-41-21-11-9-19-39(41)52(40-20-10-12-22-42(40)53)36-24-27-48-44(29-36)43-26-23-33-13-7-8-18-38(33)56(43)57-48/h1-32H. The molecule has 0 fully saturated rings. The van der Waals surface area contributed by atoms with Crippen molar-refractivity contribution in [2.45, 2.75) is 0 Å². The van der Waals surface area contributed by atoms with E-state index in [4.69, 9.17) is 8.83 Å². The van der Waals surface area contributed by atoms with Gasteiger partial charge in [0.25, 0.3) is 0 Å². The summed E-state index contributed by atoms with van der Waals surface area (Å²) >= 11 is 1.85. The third-order valence-corrected chi connectivity index (χ3v) is 13.4. The highest BCUT2D eigenvalue weighted by molar-refractivity contribution is 7.25. The molecule has 0 N–H and O–H groups in total. The minimum atomic E-state index is 0.899. The Morgan fingerprint density at radius 3 is 1.56 bits per heavy atom. The van der Waals surface area contributed by atoms with Crippen LogP contribution in [0.4, 0.5) is 0 Å². The van der Waals surface area contributed by atoms with Gasteiger partial charge in [0.1, 0.15) is 22.5 Å². The van der Waals surface area contributed by atoms with Crippen LogP contribution in [0.25, 0.3) is 130 Å². The second-order valence-corrected chi connectivity index (χ2v) is 16.6. The van der Waals surface area contributed by atoms with Crippen LogP contribution in [0.2, 0.25) is 0 Å². The van der Waals surface area contributed by atoms with Gasteiger partial charge in [0.15, 0.2) is 0 Å². The lowest BCUT2D eigenvalue weighted by atomic mass is 9.85. The Hall–Kier alpha value is -7.46. The average Bonchev–Trinajstić information content (AvgIpc) is 3.98. The summed E-state index contributed by atoms with van der Waals surface area (Å²) in [6.45, 7) is 0. The predicted molar refractivity (Wildman–Crippen MR) is 251 cm³/mol. The van der Waals surface area contributed by atoms with E-state index in [1.54, 1.807) is 0 Å². The van der Waals surface area contributed by atoms with Crippen LogP contribution in [0, 0.1) is 0 Å². The molecule has 0 saturated carbocycles. The zero-order chi connectivity index (χ0) is 38.6. The zero-order valence-electron chi connectivity index (χ0n) is 31.7. The summed E-state index contributed by atoms with van der Waals surface area (Å²) in [4.78, 5) is 0. The number of thiophene rings is 1. The molecule has 0 aliphatic carbocycles. The van der Waals surface area contributed by atoms with Crippen molar-refractivity contribution in [3.8, 4) is 44.7 Å². The molecule has 0 saturated heterocycles. The monoisotopic (exact) mass is 768 g/mol. The number of hydrogen-bond donors (Lipinski definition) is 0. The normalized spacial score (nSPS) is 12.1. The van der Waals surface area contributed by atoms with Crippen molar-refractivity contribution in [3.63, 3.8) is 0 Å². The summed E-state index contributed by atoms with van der Waals surface area (Å²) in [5.74, 6) is 0.904. The molecule has 274 valence electrons. The fraction of sp³-hybridized carbons (Fsp3) is 0. The molecule has 0 radical (unpaired) electrons. The summed E-state index contributed by atoms with van der Waals surface area (Å²) < 4.78 is 15.9. The number of fused-ring (bicyclic) bond motifs is 11. The average molecular weight is 769 g/mol. The van der Waals surface area contributed by atoms with Crippen molar-refractivity contribution in [1.29, 1.82) is 0 Å². The van der Waals surface area contributed by atoms with Gasteiger partial charge in [-0.05, 0) is 97.2 Å². The van der Waals surface area contributed by atoms with Crippen LogP contribution in [0.3, 0.4) is 0 Å². The molecule has 0 bridgehead atoms. The number of hydrogen-bond acceptors (Lipinski definition) is 3. The molecular formula is C56H32O2S. The van der Waals surface area contributed by atoms with E-state index in [0.717, 1.165) is 60.7 Å². The van der Waals surface area contributed by atoms with E-state index >= 15 is 0 Å². The lowest BCUT2D eigenvalue weighted by Gasteiger charge is -2.18. The predicted octanol–water partition coefficient (Wildman–Crippen LogP) is 16.8. The highest BCUT2D eigenvalue weighted by Gasteiger charge is 2.22. The van der Waals surface area contributed by atoms with Crippen molar-refractivity contribution in [2.24, 2.45) is 0 Å². The highest BCUT2D eigenvalue weighted by Crippen LogP contribution is 2.48. The molecule has 2 nitrogen and oxygen atoms in total. The molecule has 13 aromatic rings.